The van der Waals surface area contributed by atoms with Crippen molar-refractivity contribution < 1.29 is 0 Å². The number of nitriles is 1. The van der Waals surface area contributed by atoms with Gasteiger partial charge in [-0.05, 0) is 18.2 Å². The zero-order valence-corrected chi connectivity index (χ0v) is 8.91. The standard InChI is InChI=1S/C12H9N5/c13-5-1-6-15-11-4-9-16-12(17-11)10-2-7-14-8-3-10/h1-4,6-9H,(H,15,16,17)/b6-1+. The third-order valence-corrected chi connectivity index (χ3v) is 1.98. The molecule has 2 aromatic heterocycles. The molecule has 82 valence electrons. The van der Waals surface area contributed by atoms with Crippen molar-refractivity contribution in [3.05, 3.63) is 49.1 Å². The van der Waals surface area contributed by atoms with E-state index in [2.05, 4.69) is 20.3 Å². The molecule has 0 spiro atoms. The molecule has 1 N–H and O–H groups in total. The summed E-state index contributed by atoms with van der Waals surface area (Å²) in [5.74, 6) is 1.25. The Morgan fingerprint density at radius 1 is 1.18 bits per heavy atom. The van der Waals surface area contributed by atoms with Gasteiger partial charge in [-0.3, -0.25) is 4.98 Å². The fraction of sp³-hybridized carbons (Fsp3) is 0. The molecule has 2 aromatic rings. The molecule has 0 atom stereocenters. The molecule has 0 aliphatic heterocycles. The molecule has 0 amide bonds. The molecule has 0 fully saturated rings. The molecular weight excluding hydrogens is 214 g/mol. The van der Waals surface area contributed by atoms with E-state index in [1.54, 1.807) is 24.7 Å². The minimum atomic E-state index is 0.614. The molecule has 0 unspecified atom stereocenters. The molecule has 5 nitrogen and oxygen atoms in total. The number of allylic oxidation sites excluding steroid dienone is 1. The summed E-state index contributed by atoms with van der Waals surface area (Å²) in [5.41, 5.74) is 0.896. The summed E-state index contributed by atoms with van der Waals surface area (Å²) >= 11 is 0. The smallest absolute Gasteiger partial charge is 0.161 e. The Bertz CT molecular complexity index is 557. The number of nitrogens with one attached hydrogen (secondary N) is 1. The van der Waals surface area contributed by atoms with Gasteiger partial charge in [0.05, 0.1) is 6.07 Å². The Balaban J connectivity index is 2.24. The van der Waals surface area contributed by atoms with Crippen molar-refractivity contribution >= 4 is 5.82 Å². The first-order valence-electron chi connectivity index (χ1n) is 4.95. The Labute approximate surface area is 98.5 Å². The van der Waals surface area contributed by atoms with E-state index in [0.29, 0.717) is 11.6 Å². The molecule has 17 heavy (non-hydrogen) atoms. The van der Waals surface area contributed by atoms with Gasteiger partial charge in [-0.2, -0.15) is 5.26 Å². The number of rotatable bonds is 3. The molecule has 0 aromatic carbocycles. The number of aromatic nitrogens is 3. The lowest BCUT2D eigenvalue weighted by atomic mass is 10.2. The van der Waals surface area contributed by atoms with Gasteiger partial charge in [0.2, 0.25) is 0 Å². The lowest BCUT2D eigenvalue weighted by Crippen LogP contribution is -1.95. The summed E-state index contributed by atoms with van der Waals surface area (Å²) in [6, 6.07) is 7.29. The fourth-order valence-electron chi connectivity index (χ4n) is 1.24. The van der Waals surface area contributed by atoms with Crippen LogP contribution in [0.4, 0.5) is 5.82 Å². The minimum Gasteiger partial charge on any atom is -0.346 e. The van der Waals surface area contributed by atoms with E-state index < -0.39 is 0 Å². The lowest BCUT2D eigenvalue weighted by Gasteiger charge is -2.02. The van der Waals surface area contributed by atoms with E-state index in [9.17, 15) is 0 Å². The topological polar surface area (TPSA) is 74.5 Å². The van der Waals surface area contributed by atoms with Crippen LogP contribution < -0.4 is 5.32 Å². The lowest BCUT2D eigenvalue weighted by molar-refractivity contribution is 1.17. The Morgan fingerprint density at radius 3 is 2.76 bits per heavy atom. The number of anilines is 1. The highest BCUT2D eigenvalue weighted by atomic mass is 15.0. The normalized spacial score (nSPS) is 10.1. The van der Waals surface area contributed by atoms with Crippen LogP contribution in [0.15, 0.2) is 49.1 Å². The van der Waals surface area contributed by atoms with Crippen molar-refractivity contribution in [1.82, 2.24) is 15.0 Å². The van der Waals surface area contributed by atoms with Crippen LogP contribution >= 0.6 is 0 Å². The number of pyridine rings is 1. The van der Waals surface area contributed by atoms with Gasteiger partial charge in [-0.1, -0.05) is 0 Å². The zero-order chi connectivity index (χ0) is 11.9. The van der Waals surface area contributed by atoms with Crippen LogP contribution in [0, 0.1) is 11.3 Å². The first-order chi connectivity index (χ1) is 8.40. The van der Waals surface area contributed by atoms with Gasteiger partial charge in [0, 0.05) is 36.4 Å². The molecule has 5 heteroatoms. The maximum Gasteiger partial charge on any atom is 0.161 e. The molecular formula is C12H9N5. The molecule has 0 bridgehead atoms. The Hall–Kier alpha value is -2.74. The summed E-state index contributed by atoms with van der Waals surface area (Å²) in [6.07, 6.45) is 7.90. The van der Waals surface area contributed by atoms with E-state index in [0.717, 1.165) is 5.56 Å². The SMILES string of the molecule is N#C/C=C/Nc1ccnc(-c2ccncc2)n1. The molecule has 0 saturated carbocycles. The first kappa shape index (κ1) is 10.8. The maximum absolute atomic E-state index is 8.36. The molecule has 2 rings (SSSR count). The quantitative estimate of drug-likeness (QED) is 0.805. The second kappa shape index (κ2) is 5.37. The summed E-state index contributed by atoms with van der Waals surface area (Å²) in [6.45, 7) is 0. The average molecular weight is 223 g/mol. The largest absolute Gasteiger partial charge is 0.346 e. The van der Waals surface area contributed by atoms with Crippen molar-refractivity contribution in [3.63, 3.8) is 0 Å². The van der Waals surface area contributed by atoms with Crippen LogP contribution in [-0.4, -0.2) is 15.0 Å². The van der Waals surface area contributed by atoms with E-state index in [1.165, 1.54) is 12.3 Å². The third kappa shape index (κ3) is 2.86. The highest BCUT2D eigenvalue weighted by Crippen LogP contribution is 2.14. The predicted octanol–water partition coefficient (Wildman–Crippen LogP) is 1.99. The predicted molar refractivity (Wildman–Crippen MR) is 63.6 cm³/mol. The second-order valence-corrected chi connectivity index (χ2v) is 3.11. The minimum absolute atomic E-state index is 0.614. The second-order valence-electron chi connectivity index (χ2n) is 3.11. The maximum atomic E-state index is 8.36. The molecule has 0 aliphatic rings. The highest BCUT2D eigenvalue weighted by molar-refractivity contribution is 5.56. The summed E-state index contributed by atoms with van der Waals surface area (Å²) < 4.78 is 0. The van der Waals surface area contributed by atoms with Gasteiger partial charge in [-0.25, -0.2) is 9.97 Å². The first-order valence-corrected chi connectivity index (χ1v) is 4.95. The Kier molecular flexibility index (Phi) is 3.40. The van der Waals surface area contributed by atoms with Gasteiger partial charge in [0.1, 0.15) is 5.82 Å². The van der Waals surface area contributed by atoms with Crippen LogP contribution in [0.1, 0.15) is 0 Å². The van der Waals surface area contributed by atoms with E-state index in [1.807, 2.05) is 18.2 Å². The van der Waals surface area contributed by atoms with Gasteiger partial charge in [0.25, 0.3) is 0 Å². The fourth-order valence-corrected chi connectivity index (χ4v) is 1.24. The van der Waals surface area contributed by atoms with Crippen molar-refractivity contribution in [2.75, 3.05) is 5.32 Å². The third-order valence-electron chi connectivity index (χ3n) is 1.98. The van der Waals surface area contributed by atoms with Crippen LogP contribution in [0.25, 0.3) is 11.4 Å². The number of hydrogen-bond donors (Lipinski definition) is 1. The monoisotopic (exact) mass is 223 g/mol. The highest BCUT2D eigenvalue weighted by Gasteiger charge is 2.00. The van der Waals surface area contributed by atoms with Crippen LogP contribution in [-0.2, 0) is 0 Å². The van der Waals surface area contributed by atoms with Gasteiger partial charge in [0.15, 0.2) is 5.82 Å². The van der Waals surface area contributed by atoms with Crippen LogP contribution in [0.3, 0.4) is 0 Å². The number of nitrogens with zero attached hydrogens (tertiary/aromatic N) is 4. The average Bonchev–Trinajstić information content (AvgIpc) is 2.41. The van der Waals surface area contributed by atoms with Gasteiger partial charge >= 0.3 is 0 Å². The van der Waals surface area contributed by atoms with Gasteiger partial charge in [-0.15, -0.1) is 0 Å². The molecule has 0 saturated heterocycles. The van der Waals surface area contributed by atoms with Crippen molar-refractivity contribution in [3.8, 4) is 17.5 Å². The van der Waals surface area contributed by atoms with Gasteiger partial charge < -0.3 is 5.32 Å². The van der Waals surface area contributed by atoms with Crippen molar-refractivity contribution in [2.45, 2.75) is 0 Å². The van der Waals surface area contributed by atoms with E-state index in [-0.39, 0.29) is 0 Å². The van der Waals surface area contributed by atoms with Crippen molar-refractivity contribution in [1.29, 1.82) is 5.26 Å². The summed E-state index contributed by atoms with van der Waals surface area (Å²) in [7, 11) is 0. The summed E-state index contributed by atoms with van der Waals surface area (Å²) in [4.78, 5) is 12.4. The number of hydrogen-bond acceptors (Lipinski definition) is 5. The zero-order valence-electron chi connectivity index (χ0n) is 8.91. The van der Waals surface area contributed by atoms with E-state index in [4.69, 9.17) is 5.26 Å². The van der Waals surface area contributed by atoms with Crippen LogP contribution in [0.5, 0.6) is 0 Å². The molecule has 2 heterocycles. The molecule has 0 aliphatic carbocycles. The van der Waals surface area contributed by atoms with E-state index >= 15 is 0 Å². The Morgan fingerprint density at radius 2 is 2.00 bits per heavy atom. The van der Waals surface area contributed by atoms with Crippen LogP contribution in [0.2, 0.25) is 0 Å². The molecule has 0 radical (unpaired) electrons. The summed E-state index contributed by atoms with van der Waals surface area (Å²) in [5, 5.41) is 11.2. The van der Waals surface area contributed by atoms with Crippen molar-refractivity contribution in [2.24, 2.45) is 0 Å².